The van der Waals surface area contributed by atoms with E-state index in [-0.39, 0.29) is 16.2 Å². The molecule has 7 nitrogen and oxygen atoms in total. The maximum Gasteiger partial charge on any atom is 0.250 e. The van der Waals surface area contributed by atoms with Crippen LogP contribution in [0, 0.1) is 5.82 Å². The van der Waals surface area contributed by atoms with E-state index in [9.17, 15) is 9.18 Å². The number of nitrogens with zero attached hydrogens (tertiary/aromatic N) is 2. The van der Waals surface area contributed by atoms with Crippen LogP contribution in [0.3, 0.4) is 0 Å². The van der Waals surface area contributed by atoms with Crippen LogP contribution < -0.4 is 14.8 Å². The lowest BCUT2D eigenvalue weighted by molar-refractivity contribution is -0.118. The van der Waals surface area contributed by atoms with Gasteiger partial charge < -0.3 is 19.9 Å². The molecule has 160 valence electrons. The molecule has 0 saturated carbocycles. The molecule has 0 bridgehead atoms. The first-order valence-electron chi connectivity index (χ1n) is 9.19. The van der Waals surface area contributed by atoms with Gasteiger partial charge in [0.25, 0.3) is 0 Å². The van der Waals surface area contributed by atoms with Crippen molar-refractivity contribution in [2.24, 2.45) is 0 Å². The summed E-state index contributed by atoms with van der Waals surface area (Å²) in [6.07, 6.45) is 3.53. The van der Waals surface area contributed by atoms with Crippen molar-refractivity contribution in [1.29, 1.82) is 0 Å². The molecule has 30 heavy (non-hydrogen) atoms. The van der Waals surface area contributed by atoms with Gasteiger partial charge in [0.05, 0.1) is 36.7 Å². The van der Waals surface area contributed by atoms with Gasteiger partial charge in [0.15, 0.2) is 11.6 Å². The fourth-order valence-electron chi connectivity index (χ4n) is 3.00. The van der Waals surface area contributed by atoms with E-state index in [0.717, 1.165) is 4.90 Å². The fraction of sp³-hybridized carbons (Fsp3) is 0.333. The van der Waals surface area contributed by atoms with Gasteiger partial charge in [0.1, 0.15) is 18.0 Å². The SMILES string of the molecule is COc1cc2ncc(-c3cc(F)c(OC)c(NC(=O)CO)c3)n2cc1SC(C)(C)C. The molecule has 0 atom stereocenters. The van der Waals surface area contributed by atoms with Gasteiger partial charge in [-0.1, -0.05) is 20.8 Å². The van der Waals surface area contributed by atoms with Gasteiger partial charge in [0.2, 0.25) is 5.91 Å². The van der Waals surface area contributed by atoms with Crippen molar-refractivity contribution in [2.45, 2.75) is 30.4 Å². The first-order valence-corrected chi connectivity index (χ1v) is 10.0. The largest absolute Gasteiger partial charge is 0.495 e. The van der Waals surface area contributed by atoms with Gasteiger partial charge in [-0.3, -0.25) is 9.20 Å². The highest BCUT2D eigenvalue weighted by Crippen LogP contribution is 2.40. The standard InChI is InChI=1S/C21H24FN3O4S/c1-21(2,3)30-17-10-25-15(9-23-18(25)8-16(17)28-4)12-6-13(22)20(29-5)14(7-12)24-19(27)11-26/h6-10,26H,11H2,1-5H3,(H,24,27). The first kappa shape index (κ1) is 21.9. The molecule has 0 aliphatic rings. The number of hydrogen-bond donors (Lipinski definition) is 2. The third-order valence-electron chi connectivity index (χ3n) is 4.17. The van der Waals surface area contributed by atoms with Gasteiger partial charge in [-0.05, 0) is 12.1 Å². The third kappa shape index (κ3) is 4.52. The Balaban J connectivity index is 2.16. The number of methoxy groups -OCH3 is 2. The number of benzene rings is 1. The van der Waals surface area contributed by atoms with Crippen LogP contribution in [0.1, 0.15) is 20.8 Å². The van der Waals surface area contributed by atoms with E-state index < -0.39 is 18.3 Å². The molecule has 2 aromatic heterocycles. The van der Waals surface area contributed by atoms with Crippen LogP contribution in [0.5, 0.6) is 11.5 Å². The van der Waals surface area contributed by atoms with Crippen LogP contribution in [-0.2, 0) is 4.79 Å². The summed E-state index contributed by atoms with van der Waals surface area (Å²) in [5.41, 5.74) is 1.88. The van der Waals surface area contributed by atoms with Gasteiger partial charge >= 0.3 is 0 Å². The monoisotopic (exact) mass is 433 g/mol. The minimum Gasteiger partial charge on any atom is -0.495 e. The quantitative estimate of drug-likeness (QED) is 0.572. The topological polar surface area (TPSA) is 85.1 Å². The van der Waals surface area contributed by atoms with Crippen molar-refractivity contribution in [3.63, 3.8) is 0 Å². The molecule has 0 unspecified atom stereocenters. The number of anilines is 1. The van der Waals surface area contributed by atoms with Gasteiger partial charge in [0, 0.05) is 22.6 Å². The smallest absolute Gasteiger partial charge is 0.250 e. The molecule has 3 rings (SSSR count). The molecule has 0 aliphatic heterocycles. The van der Waals surface area contributed by atoms with E-state index in [2.05, 4.69) is 31.1 Å². The average Bonchev–Trinajstić information content (AvgIpc) is 3.08. The molecule has 0 fully saturated rings. The minimum absolute atomic E-state index is 0.0460. The van der Waals surface area contributed by atoms with Crippen molar-refractivity contribution >= 4 is 29.0 Å². The Labute approximate surface area is 178 Å². The van der Waals surface area contributed by atoms with Crippen LogP contribution in [-0.4, -0.2) is 46.0 Å². The number of fused-ring (bicyclic) bond motifs is 1. The van der Waals surface area contributed by atoms with Crippen LogP contribution in [0.25, 0.3) is 16.9 Å². The van der Waals surface area contributed by atoms with Gasteiger partial charge in [-0.15, -0.1) is 11.8 Å². The van der Waals surface area contributed by atoms with Crippen LogP contribution in [0.4, 0.5) is 10.1 Å². The maximum atomic E-state index is 14.7. The molecular weight excluding hydrogens is 409 g/mol. The van der Waals surface area contributed by atoms with Crippen molar-refractivity contribution < 1.29 is 23.8 Å². The van der Waals surface area contributed by atoms with Crippen molar-refractivity contribution in [2.75, 3.05) is 26.1 Å². The number of pyridine rings is 1. The highest BCUT2D eigenvalue weighted by Gasteiger charge is 2.20. The normalized spacial score (nSPS) is 11.6. The molecular formula is C21H24FN3O4S. The molecule has 2 heterocycles. The Morgan fingerprint density at radius 3 is 2.60 bits per heavy atom. The van der Waals surface area contributed by atoms with Crippen LogP contribution in [0.2, 0.25) is 0 Å². The minimum atomic E-state index is -0.724. The molecule has 1 aromatic carbocycles. The van der Waals surface area contributed by atoms with E-state index in [1.807, 2.05) is 16.7 Å². The number of hydrogen-bond acceptors (Lipinski definition) is 6. The van der Waals surface area contributed by atoms with Crippen LogP contribution in [0.15, 0.2) is 35.5 Å². The predicted octanol–water partition coefficient (Wildman–Crippen LogP) is 3.98. The summed E-state index contributed by atoms with van der Waals surface area (Å²) in [4.78, 5) is 17.0. The zero-order valence-electron chi connectivity index (χ0n) is 17.4. The lowest BCUT2D eigenvalue weighted by atomic mass is 10.1. The Morgan fingerprint density at radius 1 is 1.27 bits per heavy atom. The van der Waals surface area contributed by atoms with E-state index in [1.54, 1.807) is 31.1 Å². The molecule has 9 heteroatoms. The molecule has 0 spiro atoms. The Hall–Kier alpha value is -2.78. The number of imidazole rings is 1. The summed E-state index contributed by atoms with van der Waals surface area (Å²) in [6.45, 7) is 5.58. The molecule has 3 aromatic rings. The maximum absolute atomic E-state index is 14.7. The first-order chi connectivity index (χ1) is 14.2. The van der Waals surface area contributed by atoms with Crippen molar-refractivity contribution in [1.82, 2.24) is 9.38 Å². The lowest BCUT2D eigenvalue weighted by Gasteiger charge is -2.20. The highest BCUT2D eigenvalue weighted by atomic mass is 32.2. The van der Waals surface area contributed by atoms with Gasteiger partial charge in [-0.25, -0.2) is 9.37 Å². The summed E-state index contributed by atoms with van der Waals surface area (Å²) < 4.78 is 27.1. The molecule has 0 radical (unpaired) electrons. The van der Waals surface area contributed by atoms with Crippen LogP contribution >= 0.6 is 11.8 Å². The predicted molar refractivity (Wildman–Crippen MR) is 115 cm³/mol. The second kappa shape index (κ2) is 8.53. The number of carbonyl (C=O) groups excluding carboxylic acids is 1. The number of aliphatic hydroxyl groups excluding tert-OH is 1. The van der Waals surface area contributed by atoms with E-state index >= 15 is 0 Å². The number of aromatic nitrogens is 2. The second-order valence-corrected chi connectivity index (χ2v) is 9.41. The van der Waals surface area contributed by atoms with Crippen molar-refractivity contribution in [3.05, 3.63) is 36.4 Å². The molecule has 2 N–H and O–H groups in total. The summed E-state index contributed by atoms with van der Waals surface area (Å²) in [5, 5.41) is 11.5. The lowest BCUT2D eigenvalue weighted by Crippen LogP contribution is -2.16. The summed E-state index contributed by atoms with van der Waals surface area (Å²) in [7, 11) is 2.92. The molecule has 0 saturated heterocycles. The highest BCUT2D eigenvalue weighted by molar-refractivity contribution is 8.00. The number of thioether (sulfide) groups is 1. The summed E-state index contributed by atoms with van der Waals surface area (Å²) in [5.74, 6) is -0.719. The van der Waals surface area contributed by atoms with E-state index in [4.69, 9.17) is 14.6 Å². The average molecular weight is 434 g/mol. The molecule has 1 amide bonds. The Morgan fingerprint density at radius 2 is 2.00 bits per heavy atom. The summed E-state index contributed by atoms with van der Waals surface area (Å²) >= 11 is 1.65. The zero-order valence-corrected chi connectivity index (χ0v) is 18.3. The van der Waals surface area contributed by atoms with Gasteiger partial charge in [-0.2, -0.15) is 0 Å². The number of halogens is 1. The number of rotatable bonds is 6. The van der Waals surface area contributed by atoms with E-state index in [0.29, 0.717) is 22.7 Å². The summed E-state index contributed by atoms with van der Waals surface area (Å²) in [6, 6.07) is 4.73. The Kier molecular flexibility index (Phi) is 6.23. The van der Waals surface area contributed by atoms with E-state index in [1.165, 1.54) is 13.2 Å². The zero-order chi connectivity index (χ0) is 22.1. The number of aliphatic hydroxyl groups is 1. The second-order valence-electron chi connectivity index (χ2n) is 7.54. The van der Waals surface area contributed by atoms with Crippen molar-refractivity contribution in [3.8, 4) is 22.8 Å². The third-order valence-corrected chi connectivity index (χ3v) is 5.31. The number of ether oxygens (including phenoxy) is 2. The number of nitrogens with one attached hydrogen (secondary N) is 1. The number of carbonyl (C=O) groups is 1. The number of amides is 1. The fourth-order valence-corrected chi connectivity index (χ4v) is 4.06. The Bertz CT molecular complexity index is 1090. The molecule has 0 aliphatic carbocycles.